The van der Waals surface area contributed by atoms with E-state index >= 15 is 0 Å². The predicted molar refractivity (Wildman–Crippen MR) is 54.4 cm³/mol. The summed E-state index contributed by atoms with van der Waals surface area (Å²) in [5.41, 5.74) is 1.95. The Kier molecular flexibility index (Phi) is 2.12. The summed E-state index contributed by atoms with van der Waals surface area (Å²) in [6, 6.07) is 1.39. The molecule has 6 heteroatoms. The molecular formula is C9H8ClN3O2. The SMILES string of the molecule is Cc1nc2cc(C(=O)O)nn2c(Cl)c1C. The van der Waals surface area contributed by atoms with Crippen LogP contribution in [-0.4, -0.2) is 25.7 Å². The molecule has 0 saturated carbocycles. The molecule has 0 unspecified atom stereocenters. The van der Waals surface area contributed by atoms with E-state index in [2.05, 4.69) is 10.1 Å². The number of carboxylic acids is 1. The maximum absolute atomic E-state index is 10.7. The quantitative estimate of drug-likeness (QED) is 0.750. The summed E-state index contributed by atoms with van der Waals surface area (Å²) in [4.78, 5) is 14.9. The average molecular weight is 226 g/mol. The molecule has 0 aliphatic carbocycles. The molecule has 0 aromatic carbocycles. The molecule has 0 atom stereocenters. The van der Waals surface area contributed by atoms with E-state index in [4.69, 9.17) is 16.7 Å². The van der Waals surface area contributed by atoms with Crippen LogP contribution in [0.2, 0.25) is 5.15 Å². The molecule has 0 spiro atoms. The summed E-state index contributed by atoms with van der Waals surface area (Å²) in [6.07, 6.45) is 0. The standard InChI is InChI=1S/C9H8ClN3O2/c1-4-5(2)11-7-3-6(9(14)15)12-13(7)8(4)10/h3H,1-2H3,(H,14,15). The second-order valence-electron chi connectivity index (χ2n) is 3.22. The second kappa shape index (κ2) is 3.20. The fraction of sp³-hybridized carbons (Fsp3) is 0.222. The van der Waals surface area contributed by atoms with Crippen LogP contribution in [0.3, 0.4) is 0 Å². The van der Waals surface area contributed by atoms with Crippen LogP contribution >= 0.6 is 11.6 Å². The van der Waals surface area contributed by atoms with Crippen molar-refractivity contribution in [3.8, 4) is 0 Å². The van der Waals surface area contributed by atoms with E-state index in [1.54, 1.807) is 0 Å². The third-order valence-corrected chi connectivity index (χ3v) is 2.67. The first-order valence-electron chi connectivity index (χ1n) is 4.26. The van der Waals surface area contributed by atoms with Gasteiger partial charge in [-0.3, -0.25) is 0 Å². The predicted octanol–water partition coefficient (Wildman–Crippen LogP) is 1.70. The van der Waals surface area contributed by atoms with Gasteiger partial charge >= 0.3 is 5.97 Å². The van der Waals surface area contributed by atoms with Crippen LogP contribution in [0.5, 0.6) is 0 Å². The molecule has 2 rings (SSSR count). The lowest BCUT2D eigenvalue weighted by Gasteiger charge is -2.03. The topological polar surface area (TPSA) is 67.5 Å². The molecule has 15 heavy (non-hydrogen) atoms. The molecule has 78 valence electrons. The Labute approximate surface area is 90.3 Å². The number of aromatic carboxylic acids is 1. The summed E-state index contributed by atoms with van der Waals surface area (Å²) < 4.78 is 1.33. The van der Waals surface area contributed by atoms with Gasteiger partial charge in [-0.05, 0) is 13.8 Å². The van der Waals surface area contributed by atoms with E-state index < -0.39 is 5.97 Å². The van der Waals surface area contributed by atoms with Crippen molar-refractivity contribution in [3.05, 3.63) is 28.2 Å². The zero-order chi connectivity index (χ0) is 11.2. The normalized spacial score (nSPS) is 10.9. The van der Waals surface area contributed by atoms with E-state index in [1.807, 2.05) is 13.8 Å². The lowest BCUT2D eigenvalue weighted by atomic mass is 10.3. The number of nitrogens with zero attached hydrogens (tertiary/aromatic N) is 3. The zero-order valence-electron chi connectivity index (χ0n) is 8.15. The van der Waals surface area contributed by atoms with Crippen LogP contribution in [0.25, 0.3) is 5.65 Å². The smallest absolute Gasteiger partial charge is 0.356 e. The highest BCUT2D eigenvalue weighted by molar-refractivity contribution is 6.30. The Bertz CT molecular complexity index is 562. The number of halogens is 1. The maximum atomic E-state index is 10.7. The maximum Gasteiger partial charge on any atom is 0.356 e. The first kappa shape index (κ1) is 9.92. The highest BCUT2D eigenvalue weighted by Gasteiger charge is 2.13. The van der Waals surface area contributed by atoms with Crippen molar-refractivity contribution in [1.29, 1.82) is 0 Å². The van der Waals surface area contributed by atoms with Crippen LogP contribution in [0.15, 0.2) is 6.07 Å². The van der Waals surface area contributed by atoms with Crippen LogP contribution in [0.4, 0.5) is 0 Å². The highest BCUT2D eigenvalue weighted by Crippen LogP contribution is 2.19. The Morgan fingerprint density at radius 1 is 1.53 bits per heavy atom. The van der Waals surface area contributed by atoms with E-state index in [9.17, 15) is 4.79 Å². The van der Waals surface area contributed by atoms with E-state index in [0.29, 0.717) is 10.8 Å². The van der Waals surface area contributed by atoms with E-state index in [1.165, 1.54) is 10.6 Å². The lowest BCUT2D eigenvalue weighted by molar-refractivity contribution is 0.0690. The Hall–Kier alpha value is -1.62. The van der Waals surface area contributed by atoms with Gasteiger partial charge in [0.25, 0.3) is 0 Å². The number of carbonyl (C=O) groups is 1. The molecule has 0 aliphatic rings. The summed E-state index contributed by atoms with van der Waals surface area (Å²) >= 11 is 6.02. The van der Waals surface area contributed by atoms with Crippen molar-refractivity contribution in [2.75, 3.05) is 0 Å². The molecule has 1 N–H and O–H groups in total. The van der Waals surface area contributed by atoms with Gasteiger partial charge in [0, 0.05) is 17.3 Å². The van der Waals surface area contributed by atoms with Crippen molar-refractivity contribution >= 4 is 23.2 Å². The van der Waals surface area contributed by atoms with Gasteiger partial charge in [-0.15, -0.1) is 0 Å². The number of fused-ring (bicyclic) bond motifs is 1. The fourth-order valence-electron chi connectivity index (χ4n) is 1.26. The van der Waals surface area contributed by atoms with Crippen molar-refractivity contribution in [2.24, 2.45) is 0 Å². The minimum atomic E-state index is -1.09. The molecule has 0 aliphatic heterocycles. The number of aromatic nitrogens is 3. The van der Waals surface area contributed by atoms with Crippen molar-refractivity contribution in [2.45, 2.75) is 13.8 Å². The highest BCUT2D eigenvalue weighted by atomic mass is 35.5. The summed E-state index contributed by atoms with van der Waals surface area (Å²) in [5, 5.41) is 13.0. The van der Waals surface area contributed by atoms with Gasteiger partial charge in [0.05, 0.1) is 0 Å². The number of hydrogen-bond acceptors (Lipinski definition) is 3. The second-order valence-corrected chi connectivity index (χ2v) is 3.58. The van der Waals surface area contributed by atoms with Crippen LogP contribution in [0.1, 0.15) is 21.7 Å². The average Bonchev–Trinajstić information content (AvgIpc) is 2.58. The number of carboxylic acid groups (broad SMARTS) is 1. The first-order chi connectivity index (χ1) is 7.00. The first-order valence-corrected chi connectivity index (χ1v) is 4.64. The van der Waals surface area contributed by atoms with Gasteiger partial charge in [-0.2, -0.15) is 5.10 Å². The molecular weight excluding hydrogens is 218 g/mol. The summed E-state index contributed by atoms with van der Waals surface area (Å²) in [7, 11) is 0. The number of rotatable bonds is 1. The Morgan fingerprint density at radius 2 is 2.20 bits per heavy atom. The van der Waals surface area contributed by atoms with Gasteiger partial charge < -0.3 is 5.11 Å². The van der Waals surface area contributed by atoms with Gasteiger partial charge in [0.1, 0.15) is 5.15 Å². The van der Waals surface area contributed by atoms with E-state index in [0.717, 1.165) is 11.3 Å². The molecule has 0 bridgehead atoms. The van der Waals surface area contributed by atoms with Gasteiger partial charge in [0.15, 0.2) is 11.3 Å². The van der Waals surface area contributed by atoms with Gasteiger partial charge in [-0.1, -0.05) is 11.6 Å². The van der Waals surface area contributed by atoms with Crippen LogP contribution in [-0.2, 0) is 0 Å². The monoisotopic (exact) mass is 225 g/mol. The lowest BCUT2D eigenvalue weighted by Crippen LogP contribution is -2.00. The largest absolute Gasteiger partial charge is 0.476 e. The van der Waals surface area contributed by atoms with Crippen LogP contribution in [0, 0.1) is 13.8 Å². The van der Waals surface area contributed by atoms with Crippen molar-refractivity contribution in [1.82, 2.24) is 14.6 Å². The molecule has 2 heterocycles. The van der Waals surface area contributed by atoms with Crippen molar-refractivity contribution < 1.29 is 9.90 Å². The molecule has 0 saturated heterocycles. The van der Waals surface area contributed by atoms with Crippen LogP contribution < -0.4 is 0 Å². The molecule has 0 fully saturated rings. The third kappa shape index (κ3) is 1.45. The minimum Gasteiger partial charge on any atom is -0.476 e. The minimum absolute atomic E-state index is 0.0607. The molecule has 0 amide bonds. The zero-order valence-corrected chi connectivity index (χ0v) is 8.91. The molecule has 2 aromatic rings. The fourth-order valence-corrected chi connectivity index (χ4v) is 1.52. The molecule has 0 radical (unpaired) electrons. The third-order valence-electron chi connectivity index (χ3n) is 2.23. The van der Waals surface area contributed by atoms with Gasteiger partial charge in [-0.25, -0.2) is 14.3 Å². The molecule has 5 nitrogen and oxygen atoms in total. The van der Waals surface area contributed by atoms with Crippen molar-refractivity contribution in [3.63, 3.8) is 0 Å². The Morgan fingerprint density at radius 3 is 2.80 bits per heavy atom. The summed E-state index contributed by atoms with van der Waals surface area (Å²) in [5.74, 6) is -1.09. The molecule has 2 aromatic heterocycles. The van der Waals surface area contributed by atoms with E-state index in [-0.39, 0.29) is 5.69 Å². The Balaban J connectivity index is 2.82. The number of aryl methyl sites for hydroxylation is 1. The summed E-state index contributed by atoms with van der Waals surface area (Å²) in [6.45, 7) is 3.63. The van der Waals surface area contributed by atoms with Gasteiger partial charge in [0.2, 0.25) is 0 Å². The number of hydrogen-bond donors (Lipinski definition) is 1.